The lowest BCUT2D eigenvalue weighted by atomic mass is 10.1. The van der Waals surface area contributed by atoms with Gasteiger partial charge in [-0.1, -0.05) is 0 Å². The van der Waals surface area contributed by atoms with Crippen molar-refractivity contribution in [1.29, 1.82) is 0 Å². The van der Waals surface area contributed by atoms with Crippen LogP contribution in [0.3, 0.4) is 0 Å². The first-order chi connectivity index (χ1) is 6.60. The molecule has 0 spiro atoms. The standard InChI is InChI=1S/C10H13NO3/c1-6-5-8(13-3)9(7(2)11-6)10(12)14-4/h5H,1-4H3. The van der Waals surface area contributed by atoms with Gasteiger partial charge in [0.1, 0.15) is 11.3 Å². The van der Waals surface area contributed by atoms with Gasteiger partial charge in [0, 0.05) is 11.8 Å². The number of aryl methyl sites for hydroxylation is 2. The Hall–Kier alpha value is -1.58. The van der Waals surface area contributed by atoms with Crippen LogP contribution in [0.1, 0.15) is 21.7 Å². The molecule has 14 heavy (non-hydrogen) atoms. The van der Waals surface area contributed by atoms with E-state index in [0.29, 0.717) is 17.0 Å². The van der Waals surface area contributed by atoms with Crippen LogP contribution in [0, 0.1) is 13.8 Å². The number of carbonyl (C=O) groups is 1. The largest absolute Gasteiger partial charge is 0.496 e. The molecule has 0 saturated heterocycles. The average molecular weight is 195 g/mol. The Kier molecular flexibility index (Phi) is 3.06. The molecular weight excluding hydrogens is 182 g/mol. The quantitative estimate of drug-likeness (QED) is 0.671. The Morgan fingerprint density at radius 3 is 2.50 bits per heavy atom. The molecule has 1 aromatic rings. The fourth-order valence-corrected chi connectivity index (χ4v) is 1.30. The van der Waals surface area contributed by atoms with Gasteiger partial charge in [-0.15, -0.1) is 0 Å². The van der Waals surface area contributed by atoms with Crippen LogP contribution < -0.4 is 4.74 Å². The lowest BCUT2D eigenvalue weighted by Crippen LogP contribution is -2.08. The van der Waals surface area contributed by atoms with Gasteiger partial charge in [-0.25, -0.2) is 4.79 Å². The van der Waals surface area contributed by atoms with Crippen LogP contribution in [0.2, 0.25) is 0 Å². The monoisotopic (exact) mass is 195 g/mol. The van der Waals surface area contributed by atoms with Crippen molar-refractivity contribution >= 4 is 5.97 Å². The predicted molar refractivity (Wildman–Crippen MR) is 51.6 cm³/mol. The smallest absolute Gasteiger partial charge is 0.343 e. The molecule has 4 heteroatoms. The molecule has 0 aliphatic carbocycles. The summed E-state index contributed by atoms with van der Waals surface area (Å²) in [6.45, 7) is 3.60. The number of hydrogen-bond acceptors (Lipinski definition) is 4. The van der Waals surface area contributed by atoms with Gasteiger partial charge in [-0.3, -0.25) is 4.98 Å². The van der Waals surface area contributed by atoms with E-state index in [9.17, 15) is 4.79 Å². The Morgan fingerprint density at radius 1 is 1.36 bits per heavy atom. The number of hydrogen-bond donors (Lipinski definition) is 0. The van der Waals surface area contributed by atoms with E-state index in [4.69, 9.17) is 4.74 Å². The molecule has 0 amide bonds. The van der Waals surface area contributed by atoms with E-state index in [1.54, 1.807) is 13.0 Å². The van der Waals surface area contributed by atoms with E-state index in [2.05, 4.69) is 9.72 Å². The predicted octanol–water partition coefficient (Wildman–Crippen LogP) is 1.49. The minimum atomic E-state index is -0.424. The number of nitrogens with zero attached hydrogens (tertiary/aromatic N) is 1. The van der Waals surface area contributed by atoms with Crippen LogP contribution in [0.4, 0.5) is 0 Å². The fraction of sp³-hybridized carbons (Fsp3) is 0.400. The number of ether oxygens (including phenoxy) is 2. The Bertz CT molecular complexity index is 361. The molecule has 76 valence electrons. The first-order valence-corrected chi connectivity index (χ1v) is 4.20. The summed E-state index contributed by atoms with van der Waals surface area (Å²) in [5, 5.41) is 0. The van der Waals surface area contributed by atoms with Gasteiger partial charge in [-0.05, 0) is 13.8 Å². The van der Waals surface area contributed by atoms with E-state index in [-0.39, 0.29) is 0 Å². The summed E-state index contributed by atoms with van der Waals surface area (Å²) in [4.78, 5) is 15.6. The van der Waals surface area contributed by atoms with E-state index in [1.807, 2.05) is 6.92 Å². The molecule has 1 heterocycles. The Balaban J connectivity index is 3.32. The number of esters is 1. The zero-order valence-electron chi connectivity index (χ0n) is 8.75. The van der Waals surface area contributed by atoms with Crippen LogP contribution in [0.5, 0.6) is 5.75 Å². The summed E-state index contributed by atoms with van der Waals surface area (Å²) in [5.74, 6) is 0.0775. The summed E-state index contributed by atoms with van der Waals surface area (Å²) >= 11 is 0. The third-order valence-electron chi connectivity index (χ3n) is 1.90. The van der Waals surface area contributed by atoms with E-state index >= 15 is 0 Å². The molecule has 1 aromatic heterocycles. The highest BCUT2D eigenvalue weighted by atomic mass is 16.5. The van der Waals surface area contributed by atoms with Gasteiger partial charge in [0.15, 0.2) is 0 Å². The lowest BCUT2D eigenvalue weighted by molar-refractivity contribution is 0.0595. The molecule has 0 bridgehead atoms. The van der Waals surface area contributed by atoms with Gasteiger partial charge < -0.3 is 9.47 Å². The van der Waals surface area contributed by atoms with Crippen LogP contribution in [-0.2, 0) is 4.74 Å². The second-order valence-corrected chi connectivity index (χ2v) is 2.92. The van der Waals surface area contributed by atoms with Crippen molar-refractivity contribution < 1.29 is 14.3 Å². The van der Waals surface area contributed by atoms with Gasteiger partial charge in [0.2, 0.25) is 0 Å². The maximum atomic E-state index is 11.4. The van der Waals surface area contributed by atoms with Gasteiger partial charge in [0.05, 0.1) is 19.9 Å². The summed E-state index contributed by atoms with van der Waals surface area (Å²) in [6, 6.07) is 1.71. The molecule has 0 aliphatic rings. The summed E-state index contributed by atoms with van der Waals surface area (Å²) < 4.78 is 9.73. The van der Waals surface area contributed by atoms with Crippen LogP contribution in [-0.4, -0.2) is 25.2 Å². The second-order valence-electron chi connectivity index (χ2n) is 2.92. The molecule has 0 aliphatic heterocycles. The van der Waals surface area contributed by atoms with Crippen molar-refractivity contribution in [1.82, 2.24) is 4.98 Å². The molecule has 0 fully saturated rings. The molecule has 4 nitrogen and oxygen atoms in total. The van der Waals surface area contributed by atoms with Crippen molar-refractivity contribution in [3.63, 3.8) is 0 Å². The molecule has 0 atom stereocenters. The van der Waals surface area contributed by atoms with Crippen LogP contribution in [0.15, 0.2) is 6.07 Å². The number of methoxy groups -OCH3 is 2. The van der Waals surface area contributed by atoms with Crippen molar-refractivity contribution in [2.45, 2.75) is 13.8 Å². The van der Waals surface area contributed by atoms with Gasteiger partial charge in [0.25, 0.3) is 0 Å². The lowest BCUT2D eigenvalue weighted by Gasteiger charge is -2.09. The average Bonchev–Trinajstić information content (AvgIpc) is 2.15. The van der Waals surface area contributed by atoms with Gasteiger partial charge in [-0.2, -0.15) is 0 Å². The highest BCUT2D eigenvalue weighted by Crippen LogP contribution is 2.22. The minimum absolute atomic E-state index is 0.389. The van der Waals surface area contributed by atoms with Crippen molar-refractivity contribution in [3.05, 3.63) is 23.0 Å². The maximum Gasteiger partial charge on any atom is 0.343 e. The first-order valence-electron chi connectivity index (χ1n) is 4.20. The van der Waals surface area contributed by atoms with E-state index in [0.717, 1.165) is 5.69 Å². The third-order valence-corrected chi connectivity index (χ3v) is 1.90. The molecule has 0 saturated carbocycles. The SMILES string of the molecule is COC(=O)c1c(OC)cc(C)nc1C. The minimum Gasteiger partial charge on any atom is -0.496 e. The van der Waals surface area contributed by atoms with Gasteiger partial charge >= 0.3 is 5.97 Å². The summed E-state index contributed by atoms with van der Waals surface area (Å²) in [6.07, 6.45) is 0. The number of carbonyl (C=O) groups excluding carboxylic acids is 1. The normalized spacial score (nSPS) is 9.71. The first kappa shape index (κ1) is 10.5. The molecule has 0 aromatic carbocycles. The molecule has 0 radical (unpaired) electrons. The Labute approximate surface area is 82.9 Å². The zero-order valence-corrected chi connectivity index (χ0v) is 8.75. The third kappa shape index (κ3) is 1.84. The van der Waals surface area contributed by atoms with Crippen molar-refractivity contribution in [2.24, 2.45) is 0 Å². The second kappa shape index (κ2) is 4.09. The van der Waals surface area contributed by atoms with Crippen LogP contribution in [0.25, 0.3) is 0 Å². The van der Waals surface area contributed by atoms with Crippen molar-refractivity contribution in [2.75, 3.05) is 14.2 Å². The highest BCUT2D eigenvalue weighted by molar-refractivity contribution is 5.93. The van der Waals surface area contributed by atoms with E-state index in [1.165, 1.54) is 14.2 Å². The molecule has 1 rings (SSSR count). The summed E-state index contributed by atoms with van der Waals surface area (Å²) in [7, 11) is 2.85. The topological polar surface area (TPSA) is 48.4 Å². The van der Waals surface area contributed by atoms with E-state index < -0.39 is 5.97 Å². The molecule has 0 unspecified atom stereocenters. The number of pyridine rings is 1. The zero-order chi connectivity index (χ0) is 10.7. The maximum absolute atomic E-state index is 11.4. The Morgan fingerprint density at radius 2 is 2.00 bits per heavy atom. The highest BCUT2D eigenvalue weighted by Gasteiger charge is 2.17. The summed E-state index contributed by atoms with van der Waals surface area (Å²) in [5.41, 5.74) is 1.82. The molecular formula is C10H13NO3. The fourth-order valence-electron chi connectivity index (χ4n) is 1.30. The van der Waals surface area contributed by atoms with Crippen molar-refractivity contribution in [3.8, 4) is 5.75 Å². The number of aromatic nitrogens is 1. The molecule has 0 N–H and O–H groups in total. The number of rotatable bonds is 2. The van der Waals surface area contributed by atoms with Crippen LogP contribution >= 0.6 is 0 Å².